The van der Waals surface area contributed by atoms with Crippen molar-refractivity contribution in [3.05, 3.63) is 35.4 Å². The lowest BCUT2D eigenvalue weighted by Gasteiger charge is -2.33. The van der Waals surface area contributed by atoms with Crippen molar-refractivity contribution >= 4 is 0 Å². The molecule has 3 unspecified atom stereocenters. The zero-order chi connectivity index (χ0) is 13.9. The number of nitrogens with zero attached hydrogens (tertiary/aromatic N) is 1. The lowest BCUT2D eigenvalue weighted by Crippen LogP contribution is -2.43. The fourth-order valence-electron chi connectivity index (χ4n) is 3.47. The predicted molar refractivity (Wildman–Crippen MR) is 81.9 cm³/mol. The van der Waals surface area contributed by atoms with Gasteiger partial charge in [-0.05, 0) is 38.8 Å². The summed E-state index contributed by atoms with van der Waals surface area (Å²) in [7, 11) is 2.06. The Kier molecular flexibility index (Phi) is 4.39. The van der Waals surface area contributed by atoms with Gasteiger partial charge in [-0.3, -0.25) is 4.90 Å². The second-order valence-corrected chi connectivity index (χ2v) is 6.26. The van der Waals surface area contributed by atoms with Gasteiger partial charge in [-0.15, -0.1) is 0 Å². The maximum Gasteiger partial charge on any atom is 0.0707 e. The Hall–Kier alpha value is -0.900. The van der Waals surface area contributed by atoms with Crippen molar-refractivity contribution < 1.29 is 4.74 Å². The summed E-state index contributed by atoms with van der Waals surface area (Å²) in [6.45, 7) is 5.55. The van der Waals surface area contributed by atoms with Crippen LogP contribution in [-0.2, 0) is 4.74 Å². The third kappa shape index (κ3) is 3.22. The van der Waals surface area contributed by atoms with Crippen molar-refractivity contribution in [1.82, 2.24) is 10.2 Å². The van der Waals surface area contributed by atoms with E-state index in [0.29, 0.717) is 18.2 Å². The summed E-state index contributed by atoms with van der Waals surface area (Å²) in [5, 5.41) is 3.46. The first-order chi connectivity index (χ1) is 9.74. The third-order valence-electron chi connectivity index (χ3n) is 4.68. The van der Waals surface area contributed by atoms with Crippen molar-refractivity contribution in [3.8, 4) is 0 Å². The van der Waals surface area contributed by atoms with E-state index in [1.807, 2.05) is 0 Å². The van der Waals surface area contributed by atoms with Crippen LogP contribution in [0.5, 0.6) is 0 Å². The standard InChI is InChI=1S/C17H26N2O/c1-13-3-5-14(6-4-13)17(18-2)9-10-19-11-15-7-8-16(12-19)20-15/h3-6,15-18H,7-12H2,1-2H3. The van der Waals surface area contributed by atoms with Crippen LogP contribution < -0.4 is 5.32 Å². The molecule has 3 rings (SSSR count). The van der Waals surface area contributed by atoms with Crippen molar-refractivity contribution in [2.45, 2.75) is 44.4 Å². The number of likely N-dealkylation sites (tertiary alicyclic amines) is 1. The molecule has 1 aromatic rings. The zero-order valence-electron chi connectivity index (χ0n) is 12.6. The van der Waals surface area contributed by atoms with Gasteiger partial charge < -0.3 is 10.1 Å². The number of hydrogen-bond acceptors (Lipinski definition) is 3. The highest BCUT2D eigenvalue weighted by Crippen LogP contribution is 2.27. The molecule has 1 N–H and O–H groups in total. The number of rotatable bonds is 5. The van der Waals surface area contributed by atoms with Crippen molar-refractivity contribution in [2.24, 2.45) is 0 Å². The molecule has 0 spiro atoms. The van der Waals surface area contributed by atoms with E-state index < -0.39 is 0 Å². The van der Waals surface area contributed by atoms with Gasteiger partial charge in [0.25, 0.3) is 0 Å². The van der Waals surface area contributed by atoms with E-state index in [9.17, 15) is 0 Å². The van der Waals surface area contributed by atoms with E-state index in [-0.39, 0.29) is 0 Å². The summed E-state index contributed by atoms with van der Waals surface area (Å²) in [5.74, 6) is 0. The number of ether oxygens (including phenoxy) is 1. The quantitative estimate of drug-likeness (QED) is 0.893. The number of morpholine rings is 1. The van der Waals surface area contributed by atoms with Gasteiger partial charge in [0.2, 0.25) is 0 Å². The van der Waals surface area contributed by atoms with Crippen LogP contribution in [0.1, 0.15) is 36.4 Å². The minimum Gasteiger partial charge on any atom is -0.372 e. The highest BCUT2D eigenvalue weighted by molar-refractivity contribution is 5.24. The van der Waals surface area contributed by atoms with Crippen LogP contribution >= 0.6 is 0 Å². The van der Waals surface area contributed by atoms with Crippen molar-refractivity contribution in [3.63, 3.8) is 0 Å². The molecule has 0 amide bonds. The molecule has 0 radical (unpaired) electrons. The SMILES string of the molecule is CNC(CCN1CC2CCC(C1)O2)c1ccc(C)cc1. The Morgan fingerprint density at radius 3 is 2.45 bits per heavy atom. The molecule has 2 aliphatic rings. The number of fused-ring (bicyclic) bond motifs is 2. The van der Waals surface area contributed by atoms with Crippen LogP contribution in [0.15, 0.2) is 24.3 Å². The molecule has 3 heteroatoms. The lowest BCUT2D eigenvalue weighted by atomic mass is 10.0. The third-order valence-corrected chi connectivity index (χ3v) is 4.68. The summed E-state index contributed by atoms with van der Waals surface area (Å²) in [4.78, 5) is 2.59. The molecule has 20 heavy (non-hydrogen) atoms. The van der Waals surface area contributed by atoms with Gasteiger partial charge in [0.15, 0.2) is 0 Å². The van der Waals surface area contributed by atoms with Crippen LogP contribution in [0, 0.1) is 6.92 Å². The van der Waals surface area contributed by atoms with E-state index in [4.69, 9.17) is 4.74 Å². The topological polar surface area (TPSA) is 24.5 Å². The smallest absolute Gasteiger partial charge is 0.0707 e. The Balaban J connectivity index is 1.54. The van der Waals surface area contributed by atoms with Crippen LogP contribution in [0.3, 0.4) is 0 Å². The Morgan fingerprint density at radius 2 is 1.85 bits per heavy atom. The van der Waals surface area contributed by atoms with Crippen LogP contribution in [-0.4, -0.2) is 43.8 Å². The second-order valence-electron chi connectivity index (χ2n) is 6.26. The summed E-state index contributed by atoms with van der Waals surface area (Å²) in [5.41, 5.74) is 2.72. The monoisotopic (exact) mass is 274 g/mol. The van der Waals surface area contributed by atoms with Crippen LogP contribution in [0.25, 0.3) is 0 Å². The van der Waals surface area contributed by atoms with Gasteiger partial charge in [-0.25, -0.2) is 0 Å². The zero-order valence-corrected chi connectivity index (χ0v) is 12.6. The minimum absolute atomic E-state index is 0.455. The first-order valence-electron chi connectivity index (χ1n) is 7.86. The summed E-state index contributed by atoms with van der Waals surface area (Å²) < 4.78 is 5.90. The van der Waals surface area contributed by atoms with Crippen LogP contribution in [0.4, 0.5) is 0 Å². The molecule has 3 atom stereocenters. The van der Waals surface area contributed by atoms with Gasteiger partial charge in [0.1, 0.15) is 0 Å². The molecular formula is C17H26N2O. The number of benzene rings is 1. The fourth-order valence-corrected chi connectivity index (χ4v) is 3.47. The summed E-state index contributed by atoms with van der Waals surface area (Å²) >= 11 is 0. The fraction of sp³-hybridized carbons (Fsp3) is 0.647. The molecule has 0 aliphatic carbocycles. The molecule has 2 bridgehead atoms. The average Bonchev–Trinajstić information content (AvgIpc) is 2.80. The van der Waals surface area contributed by atoms with Gasteiger partial charge in [0.05, 0.1) is 12.2 Å². The highest BCUT2D eigenvalue weighted by Gasteiger charge is 2.33. The van der Waals surface area contributed by atoms with Crippen molar-refractivity contribution in [2.75, 3.05) is 26.7 Å². The highest BCUT2D eigenvalue weighted by atomic mass is 16.5. The molecular weight excluding hydrogens is 248 g/mol. The maximum absolute atomic E-state index is 5.90. The Morgan fingerprint density at radius 1 is 1.20 bits per heavy atom. The summed E-state index contributed by atoms with van der Waals surface area (Å²) in [6.07, 6.45) is 4.68. The Labute approximate surface area is 122 Å². The van der Waals surface area contributed by atoms with E-state index >= 15 is 0 Å². The minimum atomic E-state index is 0.455. The van der Waals surface area contributed by atoms with Gasteiger partial charge >= 0.3 is 0 Å². The van der Waals surface area contributed by atoms with E-state index in [1.165, 1.54) is 30.4 Å². The van der Waals surface area contributed by atoms with E-state index in [1.54, 1.807) is 0 Å². The number of nitrogens with one attached hydrogen (secondary N) is 1. The number of hydrogen-bond donors (Lipinski definition) is 1. The first kappa shape index (κ1) is 14.1. The molecule has 1 aromatic carbocycles. The molecule has 2 aliphatic heterocycles. The predicted octanol–water partition coefficient (Wildman–Crippen LogP) is 2.51. The second kappa shape index (κ2) is 6.25. The maximum atomic E-state index is 5.90. The van der Waals surface area contributed by atoms with E-state index in [0.717, 1.165) is 19.6 Å². The average molecular weight is 274 g/mol. The lowest BCUT2D eigenvalue weighted by molar-refractivity contribution is -0.0390. The largest absolute Gasteiger partial charge is 0.372 e. The van der Waals surface area contributed by atoms with E-state index in [2.05, 4.69) is 48.5 Å². The molecule has 0 aromatic heterocycles. The molecule has 2 fully saturated rings. The normalized spacial score (nSPS) is 27.7. The van der Waals surface area contributed by atoms with Gasteiger partial charge in [-0.2, -0.15) is 0 Å². The van der Waals surface area contributed by atoms with Crippen molar-refractivity contribution in [1.29, 1.82) is 0 Å². The molecule has 2 saturated heterocycles. The molecule has 110 valence electrons. The molecule has 3 nitrogen and oxygen atoms in total. The first-order valence-corrected chi connectivity index (χ1v) is 7.86. The van der Waals surface area contributed by atoms with Gasteiger partial charge in [-0.1, -0.05) is 29.8 Å². The summed E-state index contributed by atoms with van der Waals surface area (Å²) in [6, 6.07) is 9.36. The molecule has 0 saturated carbocycles. The number of aryl methyl sites for hydroxylation is 1. The van der Waals surface area contributed by atoms with Gasteiger partial charge in [0, 0.05) is 25.7 Å². The van der Waals surface area contributed by atoms with Crippen LogP contribution in [0.2, 0.25) is 0 Å². The molecule has 2 heterocycles. The Bertz CT molecular complexity index is 419.